The van der Waals surface area contributed by atoms with Crippen molar-refractivity contribution in [2.75, 3.05) is 58.9 Å². The molecule has 5 rings (SSSR count). The number of hydrogen-bond donors (Lipinski definition) is 25. The van der Waals surface area contributed by atoms with Gasteiger partial charge in [-0.15, -0.1) is 0 Å². The van der Waals surface area contributed by atoms with Gasteiger partial charge in [-0.05, 0) is 220 Å². The van der Waals surface area contributed by atoms with E-state index in [1.54, 1.807) is 48.5 Å². The molecule has 1 aliphatic heterocycles. The fourth-order valence-electron chi connectivity index (χ4n) is 14.0. The number of rotatable bonds is 56. The van der Waals surface area contributed by atoms with E-state index in [4.69, 9.17) is 28.7 Å². The Morgan fingerprint density at radius 3 is 0.856 bits per heavy atom. The van der Waals surface area contributed by atoms with Crippen LogP contribution in [0.2, 0.25) is 0 Å². The van der Waals surface area contributed by atoms with Gasteiger partial charge in [0, 0.05) is 64.7 Å². The molecule has 0 aliphatic carbocycles. The van der Waals surface area contributed by atoms with Crippen LogP contribution < -0.4 is 114 Å². The van der Waals surface area contributed by atoms with Crippen LogP contribution in [0.15, 0.2) is 97.1 Å². The zero-order valence-electron chi connectivity index (χ0n) is 75.8. The average Bonchev–Trinajstić information content (AvgIpc) is 0.863. The van der Waals surface area contributed by atoms with Crippen LogP contribution in [0.1, 0.15) is 191 Å². The summed E-state index contributed by atoms with van der Waals surface area (Å²) in [6.07, 6.45) is 8.02. The number of benzene rings is 4. The minimum Gasteiger partial charge on any atom is -0.508 e. The summed E-state index contributed by atoms with van der Waals surface area (Å²) in [5.74, 6) is -10.5. The quantitative estimate of drug-likeness (QED) is 0.0211. The predicted molar refractivity (Wildman–Crippen MR) is 491 cm³/mol. The van der Waals surface area contributed by atoms with Gasteiger partial charge in [0.25, 0.3) is 0 Å². The van der Waals surface area contributed by atoms with Crippen molar-refractivity contribution in [3.8, 4) is 23.0 Å². The van der Waals surface area contributed by atoms with Crippen LogP contribution in [0.5, 0.6) is 23.0 Å². The van der Waals surface area contributed by atoms with Crippen molar-refractivity contribution in [3.05, 3.63) is 119 Å². The first-order valence-corrected chi connectivity index (χ1v) is 45.5. The minimum atomic E-state index is -1.31. The van der Waals surface area contributed by atoms with Gasteiger partial charge < -0.3 is 134 Å². The summed E-state index contributed by atoms with van der Waals surface area (Å²) in [6, 6.07) is 9.65. The molecule has 41 nitrogen and oxygen atoms in total. The van der Waals surface area contributed by atoms with E-state index < -0.39 is 168 Å². The lowest BCUT2D eigenvalue weighted by molar-refractivity contribution is -0.136. The van der Waals surface area contributed by atoms with Crippen molar-refractivity contribution in [3.63, 3.8) is 0 Å². The summed E-state index contributed by atoms with van der Waals surface area (Å²) in [7, 11) is 0. The summed E-state index contributed by atoms with van der Waals surface area (Å²) >= 11 is 0. The number of phenolic OH excluding ortho intramolecular Hbond substituents is 4. The van der Waals surface area contributed by atoms with Crippen molar-refractivity contribution in [1.29, 1.82) is 0 Å². The van der Waals surface area contributed by atoms with Crippen molar-refractivity contribution >= 4 is 94.5 Å². The minimum absolute atomic E-state index is 0.0105. The van der Waals surface area contributed by atoms with E-state index >= 15 is 0 Å². The number of aromatic hydroxyl groups is 4. The highest BCUT2D eigenvalue weighted by Gasteiger charge is 2.35. The molecule has 0 bridgehead atoms. The molecule has 4 aromatic rings. The standard InChI is InChI=1S/C91H139N21O20/c1-56-80(121)108-69(22-10-15-45-94)87(128)103-57(2)81(122)109-71(24-12-19-47-98-77(118)26-7-5-17-49-100-86(127)73(51-60-29-37-64(114)38-30-60)112-91(132)75(53-62-33-41-66(116)42-34-62)107-79(120)55-102-84(125)68(96)21-9-14-44-93)89(130)105-58(3)82(123)110-70(88(129)104-56)23-11-18-46-97-76(117)25-6-4-16-48-99-85(126)72(50-59-27-35-63(113)36-28-59)111-90(131)74(52-61-31-39-65(115)40-32-61)106-78(119)54-101-83(124)67(95)20-8-13-43-92/h27-42,56-58,67-75,113-116H,4-26,43-55,92-96H2,1-3H3,(H,97,117)(H,98,118)(H,99,126)(H,100,127)(H,101,124)(H,102,125)(H,103,128)(H,104,129)(H,105,130)(H,106,119)(H,107,120)(H,108,121)(H,109,122)(H,110,123)(H,111,131)(H,112,132)/t56-,57-,58-,67+,68+,69+,70+,71+,72+,73+,74+,75+/m1/s1. The molecule has 0 radical (unpaired) electrons. The Morgan fingerprint density at radius 1 is 0.295 bits per heavy atom. The van der Waals surface area contributed by atoms with Crippen molar-refractivity contribution in [2.45, 2.75) is 267 Å². The molecular formula is C91H139N21O20. The summed E-state index contributed by atoms with van der Waals surface area (Å²) in [6.45, 7) is 4.87. The largest absolute Gasteiger partial charge is 0.508 e. The molecule has 16 amide bonds. The van der Waals surface area contributed by atoms with E-state index in [-0.39, 0.29) is 138 Å². The van der Waals surface area contributed by atoms with Gasteiger partial charge in [-0.1, -0.05) is 74.2 Å². The molecule has 0 saturated carbocycles. The van der Waals surface area contributed by atoms with Gasteiger partial charge in [0.15, 0.2) is 0 Å². The van der Waals surface area contributed by atoms with Crippen LogP contribution >= 0.6 is 0 Å². The van der Waals surface area contributed by atoms with E-state index in [0.29, 0.717) is 138 Å². The number of nitrogens with two attached hydrogens (primary N) is 5. The molecule has 1 aliphatic rings. The highest BCUT2D eigenvalue weighted by atomic mass is 16.3. The first kappa shape index (κ1) is 110. The second kappa shape index (κ2) is 61.1. The fraction of sp³-hybridized carbons (Fsp3) is 0.560. The van der Waals surface area contributed by atoms with Gasteiger partial charge in [0.2, 0.25) is 94.5 Å². The normalized spacial score (nSPS) is 17.5. The highest BCUT2D eigenvalue weighted by Crippen LogP contribution is 2.19. The molecule has 30 N–H and O–H groups in total. The molecule has 4 aromatic carbocycles. The van der Waals surface area contributed by atoms with Crippen molar-refractivity contribution in [2.24, 2.45) is 28.7 Å². The maximum Gasteiger partial charge on any atom is 0.243 e. The third-order valence-electron chi connectivity index (χ3n) is 21.9. The van der Waals surface area contributed by atoms with Crippen LogP contribution in [0.25, 0.3) is 0 Å². The molecule has 0 spiro atoms. The summed E-state index contributed by atoms with van der Waals surface area (Å²) in [4.78, 5) is 218. The average molecular weight is 1850 g/mol. The van der Waals surface area contributed by atoms with Gasteiger partial charge in [0.1, 0.15) is 83.4 Å². The van der Waals surface area contributed by atoms with Crippen molar-refractivity contribution in [1.82, 2.24) is 85.1 Å². The third-order valence-corrected chi connectivity index (χ3v) is 21.9. The van der Waals surface area contributed by atoms with E-state index in [1.807, 2.05) is 0 Å². The number of nitrogens with one attached hydrogen (secondary N) is 16. The van der Waals surface area contributed by atoms with Crippen LogP contribution in [0, 0.1) is 0 Å². The molecule has 0 aromatic heterocycles. The molecule has 41 heteroatoms. The van der Waals surface area contributed by atoms with E-state index in [0.717, 1.165) is 0 Å². The number of carbonyl (C=O) groups is 16. The number of unbranched alkanes of at least 4 members (excludes halogenated alkanes) is 9. The van der Waals surface area contributed by atoms with Gasteiger partial charge in [-0.25, -0.2) is 0 Å². The second-order valence-corrected chi connectivity index (χ2v) is 33.1. The Balaban J connectivity index is 1.12. The number of hydrogen-bond acceptors (Lipinski definition) is 25. The molecule has 1 fully saturated rings. The predicted octanol–water partition coefficient (Wildman–Crippen LogP) is -2.10. The maximum absolute atomic E-state index is 14.2. The molecular weight excluding hydrogens is 1710 g/mol. The lowest BCUT2D eigenvalue weighted by Gasteiger charge is -2.27. The Kier molecular flexibility index (Phi) is 50.9. The van der Waals surface area contributed by atoms with E-state index in [9.17, 15) is 97.1 Å². The molecule has 1 saturated heterocycles. The Morgan fingerprint density at radius 2 is 0.561 bits per heavy atom. The topological polar surface area (TPSA) is 677 Å². The van der Waals surface area contributed by atoms with Crippen LogP contribution in [-0.2, 0) is 102 Å². The lowest BCUT2D eigenvalue weighted by atomic mass is 10.0. The monoisotopic (exact) mass is 1850 g/mol. The fourth-order valence-corrected chi connectivity index (χ4v) is 14.0. The second-order valence-electron chi connectivity index (χ2n) is 33.1. The lowest BCUT2D eigenvalue weighted by Crippen LogP contribution is -2.60. The zero-order valence-corrected chi connectivity index (χ0v) is 75.8. The smallest absolute Gasteiger partial charge is 0.243 e. The summed E-state index contributed by atoms with van der Waals surface area (Å²) < 4.78 is 0. The van der Waals surface area contributed by atoms with Crippen LogP contribution in [0.3, 0.4) is 0 Å². The SMILES string of the molecule is C[C@H]1NC(=O)[C@H](CCCCN)NC(=O)[C@@H](C)NC(=O)[C@H](CCCCNC(=O)CCCCCNC(=O)[C@H](Cc2ccc(O)cc2)NC(=O)[C@H](Cc2ccc(O)cc2)NC(=O)CNC(=O)[C@@H](N)CCCCN)NC(=O)[C@@H](C)NC(=O)[C@H](CCCCNC(=O)CCCCCNC(=O)[C@H](Cc2ccc(O)cc2)NC(=O)[C@H](Cc2ccc(O)cc2)NC(=O)CNC(=O)[C@@H](N)CCCCN)NC1=O. The van der Waals surface area contributed by atoms with Gasteiger partial charge in [-0.2, -0.15) is 0 Å². The van der Waals surface area contributed by atoms with Crippen LogP contribution in [0.4, 0.5) is 0 Å². The van der Waals surface area contributed by atoms with E-state index in [2.05, 4.69) is 85.1 Å². The van der Waals surface area contributed by atoms with Crippen LogP contribution in [-0.4, -0.2) is 246 Å². The molecule has 1 heterocycles. The van der Waals surface area contributed by atoms with Gasteiger partial charge >= 0.3 is 0 Å². The Bertz CT molecular complexity index is 4140. The first-order valence-electron chi connectivity index (χ1n) is 45.5. The maximum atomic E-state index is 14.2. The summed E-state index contributed by atoms with van der Waals surface area (Å²) in [5, 5.41) is 82.8. The molecule has 0 unspecified atom stereocenters. The van der Waals surface area contributed by atoms with Gasteiger partial charge in [-0.3, -0.25) is 76.7 Å². The highest BCUT2D eigenvalue weighted by molar-refractivity contribution is 5.99. The number of phenols is 4. The Labute approximate surface area is 769 Å². The third kappa shape index (κ3) is 43.9. The number of carbonyl (C=O) groups excluding carboxylic acids is 16. The Hall–Kier alpha value is -12.6. The number of amides is 16. The first-order chi connectivity index (χ1) is 63.1. The van der Waals surface area contributed by atoms with Crippen molar-refractivity contribution < 1.29 is 97.1 Å². The molecule has 12 atom stereocenters. The molecule has 132 heavy (non-hydrogen) atoms. The van der Waals surface area contributed by atoms with Gasteiger partial charge in [0.05, 0.1) is 25.2 Å². The molecule has 728 valence electrons. The summed E-state index contributed by atoms with van der Waals surface area (Å²) in [5.41, 5.74) is 31.1. The zero-order chi connectivity index (χ0) is 96.9. The van der Waals surface area contributed by atoms with E-state index in [1.165, 1.54) is 69.3 Å².